The molecule has 1 aliphatic rings. The van der Waals surface area contributed by atoms with Gasteiger partial charge in [0, 0.05) is 45.0 Å². The molecule has 0 spiro atoms. The molecule has 1 fully saturated rings. The number of nitrogens with one attached hydrogen (secondary N) is 2. The molecule has 3 amide bonds. The normalized spacial score (nSPS) is 13.7. The molecule has 2 rings (SSSR count). The van der Waals surface area contributed by atoms with Crippen molar-refractivity contribution in [2.75, 3.05) is 13.1 Å². The zero-order chi connectivity index (χ0) is 14.4. The second-order valence-corrected chi connectivity index (χ2v) is 4.98. The van der Waals surface area contributed by atoms with Crippen LogP contribution in [0.25, 0.3) is 0 Å². The maximum absolute atomic E-state index is 11.6. The van der Waals surface area contributed by atoms with Crippen LogP contribution in [0.1, 0.15) is 25.3 Å². The van der Waals surface area contributed by atoms with Gasteiger partial charge in [-0.15, -0.1) is 0 Å². The number of aromatic nitrogens is 1. The number of amides is 3. The lowest BCUT2D eigenvalue weighted by Gasteiger charge is -2.21. The van der Waals surface area contributed by atoms with E-state index in [4.69, 9.17) is 0 Å². The van der Waals surface area contributed by atoms with Gasteiger partial charge in [0.15, 0.2) is 0 Å². The average molecular weight is 276 g/mol. The Hall–Kier alpha value is -2.11. The molecule has 108 valence electrons. The lowest BCUT2D eigenvalue weighted by atomic mass is 10.2. The van der Waals surface area contributed by atoms with Crippen LogP contribution < -0.4 is 10.6 Å². The summed E-state index contributed by atoms with van der Waals surface area (Å²) in [4.78, 5) is 28.8. The predicted molar refractivity (Wildman–Crippen MR) is 74.9 cm³/mol. The summed E-state index contributed by atoms with van der Waals surface area (Å²) in [5.74, 6) is -0.0155. The molecule has 6 nitrogen and oxygen atoms in total. The van der Waals surface area contributed by atoms with Crippen LogP contribution >= 0.6 is 0 Å². The van der Waals surface area contributed by atoms with Crippen LogP contribution in [0, 0.1) is 0 Å². The molecule has 6 heteroatoms. The molecule has 0 radical (unpaired) electrons. The van der Waals surface area contributed by atoms with Crippen molar-refractivity contribution >= 4 is 11.9 Å². The second kappa shape index (κ2) is 6.88. The van der Waals surface area contributed by atoms with Gasteiger partial charge in [0.2, 0.25) is 5.91 Å². The zero-order valence-corrected chi connectivity index (χ0v) is 11.6. The molecule has 0 bridgehead atoms. The molecule has 0 atom stereocenters. The average Bonchev–Trinajstić information content (AvgIpc) is 3.22. The maximum atomic E-state index is 11.6. The Morgan fingerprint density at radius 2 is 2.25 bits per heavy atom. The first-order valence-corrected chi connectivity index (χ1v) is 6.84. The summed E-state index contributed by atoms with van der Waals surface area (Å²) in [6.45, 7) is 2.97. The first kappa shape index (κ1) is 14.3. The monoisotopic (exact) mass is 276 g/mol. The van der Waals surface area contributed by atoms with Crippen molar-refractivity contribution in [1.82, 2.24) is 20.5 Å². The number of urea groups is 1. The van der Waals surface area contributed by atoms with Crippen LogP contribution in [0.5, 0.6) is 0 Å². The standard InChI is InChI=1S/C14H20N4O2/c1-11(19)18(10-12-3-2-6-15-9-12)8-7-16-14(20)17-13-4-5-13/h2-3,6,9,13H,4-5,7-8,10H2,1H3,(H2,16,17,20). The summed E-state index contributed by atoms with van der Waals surface area (Å²) in [5, 5.41) is 5.61. The van der Waals surface area contributed by atoms with Crippen molar-refractivity contribution < 1.29 is 9.59 Å². The van der Waals surface area contributed by atoms with E-state index in [9.17, 15) is 9.59 Å². The van der Waals surface area contributed by atoms with Gasteiger partial charge >= 0.3 is 6.03 Å². The number of hydrogen-bond acceptors (Lipinski definition) is 3. The SMILES string of the molecule is CC(=O)N(CCNC(=O)NC1CC1)Cc1cccnc1. The van der Waals surface area contributed by atoms with E-state index in [0.717, 1.165) is 18.4 Å². The van der Waals surface area contributed by atoms with Gasteiger partial charge in [0.25, 0.3) is 0 Å². The van der Waals surface area contributed by atoms with Gasteiger partial charge in [-0.05, 0) is 24.5 Å². The molecule has 20 heavy (non-hydrogen) atoms. The van der Waals surface area contributed by atoms with Gasteiger partial charge in [-0.25, -0.2) is 4.79 Å². The minimum atomic E-state index is -0.155. The molecule has 1 saturated carbocycles. The Morgan fingerprint density at radius 3 is 2.85 bits per heavy atom. The molecule has 0 aliphatic heterocycles. The molecule has 1 aliphatic carbocycles. The fraction of sp³-hybridized carbons (Fsp3) is 0.500. The van der Waals surface area contributed by atoms with Crippen LogP contribution in [0.15, 0.2) is 24.5 Å². The molecule has 1 aromatic heterocycles. The number of rotatable bonds is 6. The third-order valence-electron chi connectivity index (χ3n) is 3.12. The Kier molecular flexibility index (Phi) is 4.92. The summed E-state index contributed by atoms with van der Waals surface area (Å²) in [7, 11) is 0. The van der Waals surface area contributed by atoms with Gasteiger partial charge < -0.3 is 15.5 Å². The van der Waals surface area contributed by atoms with Crippen LogP contribution in [0.4, 0.5) is 4.79 Å². The zero-order valence-electron chi connectivity index (χ0n) is 11.6. The Balaban J connectivity index is 1.74. The first-order valence-electron chi connectivity index (χ1n) is 6.84. The van der Waals surface area contributed by atoms with Gasteiger partial charge in [0.1, 0.15) is 0 Å². The molecule has 0 saturated heterocycles. The minimum Gasteiger partial charge on any atom is -0.337 e. The number of carbonyl (C=O) groups excluding carboxylic acids is 2. The number of nitrogens with zero attached hydrogens (tertiary/aromatic N) is 2. The van der Waals surface area contributed by atoms with E-state index in [2.05, 4.69) is 15.6 Å². The summed E-state index contributed by atoms with van der Waals surface area (Å²) in [6, 6.07) is 3.96. The molecular weight excluding hydrogens is 256 g/mol. The van der Waals surface area contributed by atoms with E-state index in [1.807, 2.05) is 12.1 Å². The molecule has 1 heterocycles. The third kappa shape index (κ3) is 4.87. The van der Waals surface area contributed by atoms with Crippen molar-refractivity contribution in [2.45, 2.75) is 32.4 Å². The van der Waals surface area contributed by atoms with Crippen LogP contribution in [0.3, 0.4) is 0 Å². The van der Waals surface area contributed by atoms with E-state index in [-0.39, 0.29) is 11.9 Å². The topological polar surface area (TPSA) is 74.3 Å². The fourth-order valence-electron chi connectivity index (χ4n) is 1.83. The molecule has 1 aromatic rings. The number of pyridine rings is 1. The fourth-order valence-corrected chi connectivity index (χ4v) is 1.83. The third-order valence-corrected chi connectivity index (χ3v) is 3.12. The quantitative estimate of drug-likeness (QED) is 0.810. The van der Waals surface area contributed by atoms with E-state index in [1.54, 1.807) is 17.3 Å². The summed E-state index contributed by atoms with van der Waals surface area (Å²) in [5.41, 5.74) is 0.977. The number of hydrogen-bond donors (Lipinski definition) is 2. The smallest absolute Gasteiger partial charge is 0.315 e. The van der Waals surface area contributed by atoms with Gasteiger partial charge in [-0.1, -0.05) is 6.07 Å². The second-order valence-electron chi connectivity index (χ2n) is 4.98. The summed E-state index contributed by atoms with van der Waals surface area (Å²) >= 11 is 0. The van der Waals surface area contributed by atoms with Gasteiger partial charge in [0.05, 0.1) is 0 Å². The van der Waals surface area contributed by atoms with E-state index in [1.165, 1.54) is 6.92 Å². The van der Waals surface area contributed by atoms with Crippen LogP contribution in [-0.4, -0.2) is 41.0 Å². The highest BCUT2D eigenvalue weighted by Gasteiger charge is 2.23. The van der Waals surface area contributed by atoms with Crippen molar-refractivity contribution in [3.8, 4) is 0 Å². The van der Waals surface area contributed by atoms with Gasteiger partial charge in [-0.3, -0.25) is 9.78 Å². The highest BCUT2D eigenvalue weighted by Crippen LogP contribution is 2.18. The van der Waals surface area contributed by atoms with Crippen LogP contribution in [-0.2, 0) is 11.3 Å². The largest absolute Gasteiger partial charge is 0.337 e. The summed E-state index contributed by atoms with van der Waals surface area (Å²) < 4.78 is 0. The molecule has 2 N–H and O–H groups in total. The predicted octanol–water partition coefficient (Wildman–Crippen LogP) is 0.892. The van der Waals surface area contributed by atoms with Gasteiger partial charge in [-0.2, -0.15) is 0 Å². The summed E-state index contributed by atoms with van der Waals surface area (Å²) in [6.07, 6.45) is 5.57. The van der Waals surface area contributed by atoms with Crippen molar-refractivity contribution in [3.63, 3.8) is 0 Å². The van der Waals surface area contributed by atoms with Crippen molar-refractivity contribution in [3.05, 3.63) is 30.1 Å². The molecule has 0 unspecified atom stereocenters. The van der Waals surface area contributed by atoms with E-state index >= 15 is 0 Å². The van der Waals surface area contributed by atoms with Crippen molar-refractivity contribution in [1.29, 1.82) is 0 Å². The Morgan fingerprint density at radius 1 is 1.45 bits per heavy atom. The molecule has 0 aromatic carbocycles. The lowest BCUT2D eigenvalue weighted by Crippen LogP contribution is -2.42. The Bertz CT molecular complexity index is 460. The highest BCUT2D eigenvalue weighted by molar-refractivity contribution is 5.75. The minimum absolute atomic E-state index is 0.0155. The Labute approximate surface area is 118 Å². The van der Waals surface area contributed by atoms with Crippen LogP contribution in [0.2, 0.25) is 0 Å². The van der Waals surface area contributed by atoms with E-state index < -0.39 is 0 Å². The maximum Gasteiger partial charge on any atom is 0.315 e. The lowest BCUT2D eigenvalue weighted by molar-refractivity contribution is -0.129. The van der Waals surface area contributed by atoms with Crippen molar-refractivity contribution in [2.24, 2.45) is 0 Å². The molecular formula is C14H20N4O2. The first-order chi connectivity index (χ1) is 9.65. The number of carbonyl (C=O) groups is 2. The van der Waals surface area contributed by atoms with E-state index in [0.29, 0.717) is 25.7 Å². The highest BCUT2D eigenvalue weighted by atomic mass is 16.2.